The fourth-order valence-electron chi connectivity index (χ4n) is 4.42. The molecule has 0 unspecified atom stereocenters. The van der Waals surface area contributed by atoms with E-state index in [9.17, 15) is 0 Å². The maximum absolute atomic E-state index is 5.90. The van der Waals surface area contributed by atoms with Gasteiger partial charge in [0, 0.05) is 0 Å². The SMILES string of the molecule is CC(C)=CCCC(C)=CCC(C=C(C)CCC=C(C)C)(CC=C(C)CCC=C(C)C)CCCCN. The Morgan fingerprint density at radius 2 is 0.943 bits per heavy atom. The molecule has 200 valence electrons. The molecule has 0 saturated carbocycles. The Balaban J connectivity index is 5.89. The highest BCUT2D eigenvalue weighted by molar-refractivity contribution is 5.16. The van der Waals surface area contributed by atoms with Crippen LogP contribution in [0.1, 0.15) is 133 Å². The van der Waals surface area contributed by atoms with Gasteiger partial charge in [0.25, 0.3) is 0 Å². The summed E-state index contributed by atoms with van der Waals surface area (Å²) in [6.07, 6.45) is 27.4. The standard InChI is InChI=1S/C34H59N/c1-28(2)15-12-18-31(7)21-24-34(23-10-11-26-35,27-33(9)20-14-17-30(5)6)25-22-32(8)19-13-16-29(3)4/h15-17,21-22,27H,10-14,18-20,23-26,35H2,1-9H3. The van der Waals surface area contributed by atoms with E-state index < -0.39 is 0 Å². The Morgan fingerprint density at radius 3 is 1.31 bits per heavy atom. The fraction of sp³-hybridized carbons (Fsp3) is 0.647. The summed E-state index contributed by atoms with van der Waals surface area (Å²) in [5.74, 6) is 0. The lowest BCUT2D eigenvalue weighted by molar-refractivity contribution is 0.340. The van der Waals surface area contributed by atoms with Crippen molar-refractivity contribution in [2.75, 3.05) is 6.54 Å². The van der Waals surface area contributed by atoms with Crippen LogP contribution >= 0.6 is 0 Å². The molecule has 0 aliphatic rings. The highest BCUT2D eigenvalue weighted by Crippen LogP contribution is 2.38. The number of rotatable bonds is 18. The molecule has 0 aromatic heterocycles. The van der Waals surface area contributed by atoms with Gasteiger partial charge in [-0.2, -0.15) is 0 Å². The molecular weight excluding hydrogens is 422 g/mol. The number of allylic oxidation sites excluding steroid dienone is 12. The van der Waals surface area contributed by atoms with Crippen molar-refractivity contribution in [1.29, 1.82) is 0 Å². The van der Waals surface area contributed by atoms with Crippen LogP contribution < -0.4 is 5.73 Å². The molecule has 35 heavy (non-hydrogen) atoms. The van der Waals surface area contributed by atoms with Crippen molar-refractivity contribution >= 4 is 0 Å². The van der Waals surface area contributed by atoms with Crippen LogP contribution in [0.15, 0.2) is 69.9 Å². The first kappa shape index (κ1) is 33.4. The lowest BCUT2D eigenvalue weighted by atomic mass is 9.74. The van der Waals surface area contributed by atoms with E-state index in [0.29, 0.717) is 0 Å². The largest absolute Gasteiger partial charge is 0.330 e. The van der Waals surface area contributed by atoms with Gasteiger partial charge in [0.1, 0.15) is 0 Å². The molecule has 0 rings (SSSR count). The minimum Gasteiger partial charge on any atom is -0.330 e. The molecule has 0 fully saturated rings. The van der Waals surface area contributed by atoms with E-state index >= 15 is 0 Å². The molecule has 0 amide bonds. The molecule has 0 heterocycles. The van der Waals surface area contributed by atoms with Gasteiger partial charge < -0.3 is 5.73 Å². The van der Waals surface area contributed by atoms with Crippen LogP contribution in [0.25, 0.3) is 0 Å². The Labute approximate surface area is 220 Å². The molecular formula is C34H59N. The van der Waals surface area contributed by atoms with Gasteiger partial charge in [0.2, 0.25) is 0 Å². The van der Waals surface area contributed by atoms with Crippen LogP contribution in [0.5, 0.6) is 0 Å². The van der Waals surface area contributed by atoms with E-state index in [4.69, 9.17) is 5.73 Å². The van der Waals surface area contributed by atoms with E-state index in [1.807, 2.05) is 0 Å². The van der Waals surface area contributed by atoms with Gasteiger partial charge in [-0.3, -0.25) is 0 Å². The predicted molar refractivity (Wildman–Crippen MR) is 162 cm³/mol. The minimum atomic E-state index is 0.180. The first-order valence-electron chi connectivity index (χ1n) is 14.1. The third-order valence-corrected chi connectivity index (χ3v) is 6.67. The van der Waals surface area contributed by atoms with Gasteiger partial charge in [0.05, 0.1) is 0 Å². The second-order valence-electron chi connectivity index (χ2n) is 11.6. The van der Waals surface area contributed by atoms with E-state index in [1.54, 1.807) is 0 Å². The summed E-state index contributed by atoms with van der Waals surface area (Å²) in [4.78, 5) is 0. The molecule has 0 atom stereocenters. The first-order chi connectivity index (χ1) is 16.5. The van der Waals surface area contributed by atoms with E-state index in [-0.39, 0.29) is 5.41 Å². The molecule has 1 nitrogen and oxygen atoms in total. The summed E-state index contributed by atoms with van der Waals surface area (Å²) in [6.45, 7) is 20.9. The Hall–Kier alpha value is -1.60. The molecule has 1 heteroatoms. The number of hydrogen-bond donors (Lipinski definition) is 1. The molecule has 0 aromatic carbocycles. The van der Waals surface area contributed by atoms with Crippen molar-refractivity contribution in [2.45, 2.75) is 133 Å². The second kappa shape index (κ2) is 19.6. The molecule has 2 N–H and O–H groups in total. The highest BCUT2D eigenvalue weighted by Gasteiger charge is 2.25. The van der Waals surface area contributed by atoms with Gasteiger partial charge >= 0.3 is 0 Å². The zero-order chi connectivity index (χ0) is 26.7. The Bertz CT molecular complexity index is 714. The third kappa shape index (κ3) is 19.3. The molecule has 0 spiro atoms. The number of nitrogens with two attached hydrogens (primary N) is 1. The highest BCUT2D eigenvalue weighted by atomic mass is 14.5. The predicted octanol–water partition coefficient (Wildman–Crippen LogP) is 11.0. The summed E-state index contributed by atoms with van der Waals surface area (Å²) in [7, 11) is 0. The Morgan fingerprint density at radius 1 is 0.543 bits per heavy atom. The van der Waals surface area contributed by atoms with Crippen molar-refractivity contribution < 1.29 is 0 Å². The second-order valence-corrected chi connectivity index (χ2v) is 11.6. The van der Waals surface area contributed by atoms with Gasteiger partial charge in [-0.05, 0) is 138 Å². The van der Waals surface area contributed by atoms with E-state index in [0.717, 1.165) is 64.3 Å². The van der Waals surface area contributed by atoms with Crippen LogP contribution in [0, 0.1) is 5.41 Å². The quantitative estimate of drug-likeness (QED) is 0.153. The normalized spacial score (nSPS) is 14.4. The van der Waals surface area contributed by atoms with Crippen LogP contribution in [0.3, 0.4) is 0 Å². The Kier molecular flexibility index (Phi) is 18.7. The van der Waals surface area contributed by atoms with Gasteiger partial charge in [-0.25, -0.2) is 0 Å². The minimum absolute atomic E-state index is 0.180. The summed E-state index contributed by atoms with van der Waals surface area (Å²) in [5.41, 5.74) is 14.9. The van der Waals surface area contributed by atoms with E-state index in [2.05, 4.69) is 98.8 Å². The summed E-state index contributed by atoms with van der Waals surface area (Å²) in [6, 6.07) is 0. The maximum Gasteiger partial charge on any atom is -0.00466 e. The number of hydrogen-bond acceptors (Lipinski definition) is 1. The van der Waals surface area contributed by atoms with Crippen molar-refractivity contribution in [3.8, 4) is 0 Å². The topological polar surface area (TPSA) is 26.0 Å². The van der Waals surface area contributed by atoms with Crippen LogP contribution in [-0.4, -0.2) is 6.54 Å². The van der Waals surface area contributed by atoms with Crippen molar-refractivity contribution in [1.82, 2.24) is 0 Å². The van der Waals surface area contributed by atoms with Crippen LogP contribution in [0.2, 0.25) is 0 Å². The molecule has 0 aliphatic heterocycles. The lowest BCUT2D eigenvalue weighted by Gasteiger charge is -2.31. The summed E-state index contributed by atoms with van der Waals surface area (Å²) < 4.78 is 0. The summed E-state index contributed by atoms with van der Waals surface area (Å²) in [5, 5.41) is 0. The smallest absolute Gasteiger partial charge is 0.00466 e. The molecule has 0 radical (unpaired) electrons. The van der Waals surface area contributed by atoms with Crippen molar-refractivity contribution in [3.63, 3.8) is 0 Å². The average molecular weight is 482 g/mol. The molecule has 0 saturated heterocycles. The first-order valence-corrected chi connectivity index (χ1v) is 14.1. The third-order valence-electron chi connectivity index (χ3n) is 6.67. The summed E-state index contributed by atoms with van der Waals surface area (Å²) >= 11 is 0. The zero-order valence-corrected chi connectivity index (χ0v) is 25.0. The zero-order valence-electron chi connectivity index (χ0n) is 25.0. The van der Waals surface area contributed by atoms with Crippen molar-refractivity contribution in [2.24, 2.45) is 11.1 Å². The lowest BCUT2D eigenvalue weighted by Crippen LogP contribution is -2.18. The van der Waals surface area contributed by atoms with Crippen LogP contribution in [0.4, 0.5) is 0 Å². The average Bonchev–Trinajstić information content (AvgIpc) is 2.75. The monoisotopic (exact) mass is 481 g/mol. The maximum atomic E-state index is 5.90. The number of unbranched alkanes of at least 4 members (excludes halogenated alkanes) is 1. The van der Waals surface area contributed by atoms with Crippen LogP contribution in [-0.2, 0) is 0 Å². The fourth-order valence-corrected chi connectivity index (χ4v) is 4.42. The molecule has 0 bridgehead atoms. The van der Waals surface area contributed by atoms with Gasteiger partial charge in [-0.1, -0.05) is 76.3 Å². The van der Waals surface area contributed by atoms with E-state index in [1.165, 1.54) is 46.3 Å². The van der Waals surface area contributed by atoms with Crippen molar-refractivity contribution in [3.05, 3.63) is 69.9 Å². The van der Waals surface area contributed by atoms with Gasteiger partial charge in [-0.15, -0.1) is 0 Å². The molecule has 0 aromatic rings. The molecule has 0 aliphatic carbocycles. The van der Waals surface area contributed by atoms with Gasteiger partial charge in [0.15, 0.2) is 0 Å².